The predicted octanol–water partition coefficient (Wildman–Crippen LogP) is 0.409. The maximum absolute atomic E-state index is 10.7. The van der Waals surface area contributed by atoms with Crippen LogP contribution in [0.3, 0.4) is 0 Å². The number of nitrogens with zero attached hydrogens (tertiary/aromatic N) is 3. The SMILES string of the molecule is CCC(Cc1cccnc1)C(=O)O.NC(=O)c1cnc(C(N)=O)cn1. The van der Waals surface area contributed by atoms with Gasteiger partial charge in [0.25, 0.3) is 11.8 Å². The minimum Gasteiger partial charge on any atom is -0.481 e. The van der Waals surface area contributed by atoms with Crippen molar-refractivity contribution in [2.24, 2.45) is 17.4 Å². The van der Waals surface area contributed by atoms with E-state index >= 15 is 0 Å². The number of carbonyl (C=O) groups is 3. The zero-order valence-electron chi connectivity index (χ0n) is 13.6. The molecule has 0 spiro atoms. The van der Waals surface area contributed by atoms with E-state index in [1.54, 1.807) is 12.4 Å². The topological polar surface area (TPSA) is 162 Å². The van der Waals surface area contributed by atoms with Gasteiger partial charge < -0.3 is 16.6 Å². The number of nitrogens with two attached hydrogens (primary N) is 2. The lowest BCUT2D eigenvalue weighted by molar-refractivity contribution is -0.141. The van der Waals surface area contributed by atoms with Gasteiger partial charge in [0.2, 0.25) is 0 Å². The van der Waals surface area contributed by atoms with Crippen LogP contribution >= 0.6 is 0 Å². The molecule has 9 nitrogen and oxygen atoms in total. The molecule has 0 fully saturated rings. The lowest BCUT2D eigenvalue weighted by Gasteiger charge is -2.08. The first-order valence-corrected chi connectivity index (χ1v) is 7.38. The second-order valence-electron chi connectivity index (χ2n) is 5.02. The summed E-state index contributed by atoms with van der Waals surface area (Å²) in [6.07, 6.45) is 6.82. The highest BCUT2D eigenvalue weighted by Crippen LogP contribution is 2.11. The monoisotopic (exact) mass is 345 g/mol. The summed E-state index contributed by atoms with van der Waals surface area (Å²) in [6, 6.07) is 3.72. The van der Waals surface area contributed by atoms with Crippen LogP contribution in [-0.2, 0) is 11.2 Å². The molecular weight excluding hydrogens is 326 g/mol. The molecule has 2 aromatic heterocycles. The van der Waals surface area contributed by atoms with Gasteiger partial charge in [0.1, 0.15) is 11.4 Å². The van der Waals surface area contributed by atoms with Gasteiger partial charge in [-0.15, -0.1) is 0 Å². The number of primary amides is 2. The number of aliphatic carboxylic acids is 1. The van der Waals surface area contributed by atoms with Gasteiger partial charge in [-0.05, 0) is 24.5 Å². The average molecular weight is 345 g/mol. The van der Waals surface area contributed by atoms with Crippen molar-refractivity contribution in [1.82, 2.24) is 15.0 Å². The van der Waals surface area contributed by atoms with Gasteiger partial charge in [0, 0.05) is 12.4 Å². The molecule has 0 aromatic carbocycles. The quantitative estimate of drug-likeness (QED) is 0.682. The Bertz CT molecular complexity index is 686. The van der Waals surface area contributed by atoms with Crippen molar-refractivity contribution in [3.05, 3.63) is 53.9 Å². The van der Waals surface area contributed by atoms with Crippen LogP contribution in [0.15, 0.2) is 36.9 Å². The molecule has 2 heterocycles. The Hall–Kier alpha value is -3.36. The van der Waals surface area contributed by atoms with Crippen molar-refractivity contribution >= 4 is 17.8 Å². The van der Waals surface area contributed by atoms with Gasteiger partial charge in [-0.3, -0.25) is 19.4 Å². The molecule has 0 aliphatic heterocycles. The fraction of sp³-hybridized carbons (Fsp3) is 0.250. The minimum absolute atomic E-state index is 0.000000000000000222. The van der Waals surface area contributed by atoms with Crippen molar-refractivity contribution < 1.29 is 19.5 Å². The third-order valence-corrected chi connectivity index (χ3v) is 3.20. The number of hydrogen-bond acceptors (Lipinski definition) is 6. The van der Waals surface area contributed by atoms with E-state index in [9.17, 15) is 14.4 Å². The molecule has 9 heteroatoms. The van der Waals surface area contributed by atoms with Gasteiger partial charge in [-0.2, -0.15) is 0 Å². The number of hydrogen-bond donors (Lipinski definition) is 3. The molecule has 2 aromatic rings. The number of amides is 2. The van der Waals surface area contributed by atoms with Crippen LogP contribution in [0.1, 0.15) is 39.9 Å². The van der Waals surface area contributed by atoms with E-state index in [0.717, 1.165) is 18.0 Å². The van der Waals surface area contributed by atoms with Crippen LogP contribution in [0.25, 0.3) is 0 Å². The predicted molar refractivity (Wildman–Crippen MR) is 88.4 cm³/mol. The standard InChI is InChI=1S/C10H13NO2.C6H6N4O2/c1-2-9(10(12)13)6-8-4-3-5-11-7-8;7-5(11)3-1-9-4(2-10-3)6(8)12/h3-5,7,9H,2,6H2,1H3,(H,12,13);1-2H,(H2,7,11)(H2,8,12). The lowest BCUT2D eigenvalue weighted by atomic mass is 9.98. The van der Waals surface area contributed by atoms with Gasteiger partial charge in [0.05, 0.1) is 18.3 Å². The van der Waals surface area contributed by atoms with Gasteiger partial charge in [-0.25, -0.2) is 9.97 Å². The zero-order valence-corrected chi connectivity index (χ0v) is 13.6. The lowest BCUT2D eigenvalue weighted by Crippen LogP contribution is -2.17. The highest BCUT2D eigenvalue weighted by atomic mass is 16.4. The third-order valence-electron chi connectivity index (χ3n) is 3.20. The van der Waals surface area contributed by atoms with Crippen LogP contribution < -0.4 is 11.5 Å². The van der Waals surface area contributed by atoms with Crippen molar-refractivity contribution in [3.63, 3.8) is 0 Å². The van der Waals surface area contributed by atoms with E-state index < -0.39 is 17.8 Å². The van der Waals surface area contributed by atoms with Crippen LogP contribution in [0, 0.1) is 5.92 Å². The summed E-state index contributed by atoms with van der Waals surface area (Å²) >= 11 is 0. The molecule has 132 valence electrons. The van der Waals surface area contributed by atoms with Crippen LogP contribution in [0.2, 0.25) is 0 Å². The van der Waals surface area contributed by atoms with E-state index in [1.165, 1.54) is 0 Å². The Labute approximate surface area is 144 Å². The van der Waals surface area contributed by atoms with Gasteiger partial charge in [0.15, 0.2) is 0 Å². The Morgan fingerprint density at radius 1 is 1.08 bits per heavy atom. The Balaban J connectivity index is 0.000000251. The van der Waals surface area contributed by atoms with E-state index in [-0.39, 0.29) is 17.3 Å². The number of carboxylic acid groups (broad SMARTS) is 1. The summed E-state index contributed by atoms with van der Waals surface area (Å²) in [5.74, 6) is -2.41. The summed E-state index contributed by atoms with van der Waals surface area (Å²) < 4.78 is 0. The fourth-order valence-electron chi connectivity index (χ4n) is 1.79. The maximum Gasteiger partial charge on any atom is 0.306 e. The summed E-state index contributed by atoms with van der Waals surface area (Å²) in [6.45, 7) is 1.88. The Morgan fingerprint density at radius 2 is 1.64 bits per heavy atom. The molecular formula is C16H19N5O4. The average Bonchev–Trinajstić information content (AvgIpc) is 2.61. The van der Waals surface area contributed by atoms with Crippen molar-refractivity contribution in [1.29, 1.82) is 0 Å². The molecule has 1 atom stereocenters. The first kappa shape index (κ1) is 19.7. The van der Waals surface area contributed by atoms with Gasteiger partial charge in [-0.1, -0.05) is 13.0 Å². The molecule has 0 aliphatic carbocycles. The molecule has 5 N–H and O–H groups in total. The van der Waals surface area contributed by atoms with E-state index in [4.69, 9.17) is 16.6 Å². The zero-order chi connectivity index (χ0) is 18.8. The highest BCUT2D eigenvalue weighted by molar-refractivity contribution is 5.92. The molecule has 0 bridgehead atoms. The number of carbonyl (C=O) groups excluding carboxylic acids is 2. The van der Waals surface area contributed by atoms with Crippen molar-refractivity contribution in [2.45, 2.75) is 19.8 Å². The number of rotatable bonds is 6. The van der Waals surface area contributed by atoms with E-state index in [0.29, 0.717) is 12.8 Å². The summed E-state index contributed by atoms with van der Waals surface area (Å²) in [4.78, 5) is 42.7. The summed E-state index contributed by atoms with van der Waals surface area (Å²) in [5, 5.41) is 8.81. The van der Waals surface area contributed by atoms with E-state index in [2.05, 4.69) is 15.0 Å². The van der Waals surface area contributed by atoms with Crippen LogP contribution in [0.5, 0.6) is 0 Å². The van der Waals surface area contributed by atoms with E-state index in [1.807, 2.05) is 19.1 Å². The third kappa shape index (κ3) is 6.73. The second kappa shape index (κ2) is 9.71. The van der Waals surface area contributed by atoms with Crippen molar-refractivity contribution in [2.75, 3.05) is 0 Å². The maximum atomic E-state index is 10.7. The Morgan fingerprint density at radius 3 is 1.96 bits per heavy atom. The fourth-order valence-corrected chi connectivity index (χ4v) is 1.79. The Kier molecular flexibility index (Phi) is 7.64. The molecule has 0 saturated carbocycles. The molecule has 2 rings (SSSR count). The minimum atomic E-state index is -0.730. The molecule has 2 amide bonds. The number of carboxylic acids is 1. The second-order valence-corrected chi connectivity index (χ2v) is 5.02. The molecule has 1 unspecified atom stereocenters. The van der Waals surface area contributed by atoms with Crippen molar-refractivity contribution in [3.8, 4) is 0 Å². The molecule has 0 saturated heterocycles. The first-order valence-electron chi connectivity index (χ1n) is 7.38. The molecule has 0 aliphatic rings. The highest BCUT2D eigenvalue weighted by Gasteiger charge is 2.15. The largest absolute Gasteiger partial charge is 0.481 e. The number of pyridine rings is 1. The normalized spacial score (nSPS) is 10.9. The number of aromatic nitrogens is 3. The first-order chi connectivity index (χ1) is 11.8. The molecule has 25 heavy (non-hydrogen) atoms. The smallest absolute Gasteiger partial charge is 0.306 e. The van der Waals surface area contributed by atoms with Crippen LogP contribution in [0.4, 0.5) is 0 Å². The molecule has 0 radical (unpaired) electrons. The summed E-state index contributed by atoms with van der Waals surface area (Å²) in [7, 11) is 0. The summed E-state index contributed by atoms with van der Waals surface area (Å²) in [5.41, 5.74) is 10.7. The van der Waals surface area contributed by atoms with Gasteiger partial charge >= 0.3 is 5.97 Å². The van der Waals surface area contributed by atoms with Crippen LogP contribution in [-0.4, -0.2) is 37.8 Å².